The van der Waals surface area contributed by atoms with Gasteiger partial charge in [0.25, 0.3) is 11.5 Å². The highest BCUT2D eigenvalue weighted by molar-refractivity contribution is 5.94. The molecular formula is C23H24N2O2. The van der Waals surface area contributed by atoms with Crippen LogP contribution >= 0.6 is 0 Å². The molecule has 0 aliphatic heterocycles. The molecule has 0 bridgehead atoms. The highest BCUT2D eigenvalue weighted by atomic mass is 16.2. The van der Waals surface area contributed by atoms with Crippen LogP contribution in [0, 0.1) is 0 Å². The zero-order valence-corrected chi connectivity index (χ0v) is 15.8. The van der Waals surface area contributed by atoms with Gasteiger partial charge in [0.05, 0.1) is 11.6 Å². The standard InChI is InChI=1S/C23H24N2O2/c1-16(2)18-9-11-19(12-10-18)17(3)24-23(27)20-13-14-22(26)25(15-20)21-7-5-4-6-8-21/h4-17H,1-3H3,(H,24,27). The van der Waals surface area contributed by atoms with E-state index < -0.39 is 0 Å². The molecule has 27 heavy (non-hydrogen) atoms. The van der Waals surface area contributed by atoms with Crippen LogP contribution in [0.2, 0.25) is 0 Å². The van der Waals surface area contributed by atoms with E-state index in [9.17, 15) is 9.59 Å². The molecule has 4 heteroatoms. The zero-order valence-electron chi connectivity index (χ0n) is 15.8. The van der Waals surface area contributed by atoms with E-state index in [1.807, 2.05) is 49.4 Å². The molecule has 3 rings (SSSR count). The Morgan fingerprint density at radius 3 is 2.11 bits per heavy atom. The summed E-state index contributed by atoms with van der Waals surface area (Å²) in [6, 6.07) is 20.4. The summed E-state index contributed by atoms with van der Waals surface area (Å²) in [5.74, 6) is 0.267. The maximum Gasteiger partial charge on any atom is 0.255 e. The van der Waals surface area contributed by atoms with E-state index in [1.54, 1.807) is 12.3 Å². The number of rotatable bonds is 5. The second-order valence-electron chi connectivity index (χ2n) is 6.98. The lowest BCUT2D eigenvalue weighted by Crippen LogP contribution is -2.28. The van der Waals surface area contributed by atoms with Gasteiger partial charge in [0.15, 0.2) is 0 Å². The van der Waals surface area contributed by atoms with E-state index in [0.717, 1.165) is 11.3 Å². The van der Waals surface area contributed by atoms with Gasteiger partial charge in [0.1, 0.15) is 0 Å². The Hall–Kier alpha value is -3.14. The lowest BCUT2D eigenvalue weighted by atomic mass is 9.99. The van der Waals surface area contributed by atoms with Crippen LogP contribution in [-0.2, 0) is 0 Å². The largest absolute Gasteiger partial charge is 0.345 e. The number of para-hydroxylation sites is 1. The number of benzene rings is 2. The quantitative estimate of drug-likeness (QED) is 0.731. The lowest BCUT2D eigenvalue weighted by molar-refractivity contribution is 0.0939. The molecule has 1 heterocycles. The van der Waals surface area contributed by atoms with Crippen LogP contribution in [0.15, 0.2) is 77.7 Å². The topological polar surface area (TPSA) is 51.1 Å². The molecule has 0 saturated heterocycles. The first kappa shape index (κ1) is 18.6. The summed E-state index contributed by atoms with van der Waals surface area (Å²) in [6.07, 6.45) is 1.58. The van der Waals surface area contributed by atoms with Gasteiger partial charge in [-0.2, -0.15) is 0 Å². The van der Waals surface area contributed by atoms with Gasteiger partial charge in [-0.15, -0.1) is 0 Å². The van der Waals surface area contributed by atoms with E-state index in [2.05, 4.69) is 31.3 Å². The predicted octanol–water partition coefficient (Wildman–Crippen LogP) is 4.45. The van der Waals surface area contributed by atoms with Gasteiger partial charge in [0, 0.05) is 18.0 Å². The first-order chi connectivity index (χ1) is 13.0. The van der Waals surface area contributed by atoms with Crippen molar-refractivity contribution in [1.29, 1.82) is 0 Å². The Balaban J connectivity index is 1.79. The van der Waals surface area contributed by atoms with Crippen molar-refractivity contribution in [2.45, 2.75) is 32.7 Å². The molecule has 2 aromatic carbocycles. The van der Waals surface area contributed by atoms with Crippen LogP contribution in [0.3, 0.4) is 0 Å². The van der Waals surface area contributed by atoms with E-state index in [0.29, 0.717) is 11.5 Å². The van der Waals surface area contributed by atoms with Crippen LogP contribution in [0.25, 0.3) is 5.69 Å². The monoisotopic (exact) mass is 360 g/mol. The Labute approximate surface area is 159 Å². The second-order valence-corrected chi connectivity index (χ2v) is 6.98. The summed E-state index contributed by atoms with van der Waals surface area (Å²) in [6.45, 7) is 6.26. The Morgan fingerprint density at radius 1 is 0.852 bits per heavy atom. The number of nitrogens with one attached hydrogen (secondary N) is 1. The SMILES string of the molecule is CC(C)c1ccc(C(C)NC(=O)c2ccc(=O)n(-c3ccccc3)c2)cc1. The lowest BCUT2D eigenvalue weighted by Gasteiger charge is -2.16. The first-order valence-corrected chi connectivity index (χ1v) is 9.14. The second kappa shape index (κ2) is 8.04. The van der Waals surface area contributed by atoms with Crippen LogP contribution in [0.4, 0.5) is 0 Å². The number of nitrogens with zero attached hydrogens (tertiary/aromatic N) is 1. The molecule has 0 aliphatic rings. The molecule has 3 aromatic rings. The summed E-state index contributed by atoms with van der Waals surface area (Å²) in [4.78, 5) is 24.8. The summed E-state index contributed by atoms with van der Waals surface area (Å²) in [7, 11) is 0. The first-order valence-electron chi connectivity index (χ1n) is 9.14. The van der Waals surface area contributed by atoms with Crippen LogP contribution in [0.5, 0.6) is 0 Å². The molecule has 0 aliphatic carbocycles. The van der Waals surface area contributed by atoms with E-state index in [4.69, 9.17) is 0 Å². The predicted molar refractivity (Wildman–Crippen MR) is 108 cm³/mol. The molecule has 1 aromatic heterocycles. The number of carbonyl (C=O) groups is 1. The fraction of sp³-hybridized carbons (Fsp3) is 0.217. The maximum atomic E-state index is 12.7. The summed E-state index contributed by atoms with van der Waals surface area (Å²) < 4.78 is 1.48. The van der Waals surface area contributed by atoms with Crippen molar-refractivity contribution in [2.75, 3.05) is 0 Å². The van der Waals surface area contributed by atoms with Crippen molar-refractivity contribution in [3.05, 3.63) is 100.0 Å². The highest BCUT2D eigenvalue weighted by Gasteiger charge is 2.13. The molecule has 1 amide bonds. The van der Waals surface area contributed by atoms with Crippen molar-refractivity contribution in [3.8, 4) is 5.69 Å². The van der Waals surface area contributed by atoms with Crippen LogP contribution in [0.1, 0.15) is 54.2 Å². The molecule has 4 nitrogen and oxygen atoms in total. The van der Waals surface area contributed by atoms with Crippen molar-refractivity contribution < 1.29 is 4.79 Å². The van der Waals surface area contributed by atoms with Gasteiger partial charge < -0.3 is 5.32 Å². The van der Waals surface area contributed by atoms with E-state index in [-0.39, 0.29) is 17.5 Å². The molecule has 1 atom stereocenters. The minimum Gasteiger partial charge on any atom is -0.345 e. The number of pyridine rings is 1. The van der Waals surface area contributed by atoms with Gasteiger partial charge in [-0.25, -0.2) is 0 Å². The van der Waals surface area contributed by atoms with E-state index >= 15 is 0 Å². The maximum absolute atomic E-state index is 12.7. The fourth-order valence-electron chi connectivity index (χ4n) is 2.94. The smallest absolute Gasteiger partial charge is 0.255 e. The van der Waals surface area contributed by atoms with Gasteiger partial charge in [-0.05, 0) is 42.2 Å². The van der Waals surface area contributed by atoms with Crippen LogP contribution < -0.4 is 10.9 Å². The molecular weight excluding hydrogens is 336 g/mol. The van der Waals surface area contributed by atoms with Crippen molar-refractivity contribution in [1.82, 2.24) is 9.88 Å². The third-order valence-corrected chi connectivity index (χ3v) is 4.66. The summed E-state index contributed by atoms with van der Waals surface area (Å²) >= 11 is 0. The highest BCUT2D eigenvalue weighted by Crippen LogP contribution is 2.19. The fourth-order valence-corrected chi connectivity index (χ4v) is 2.94. The van der Waals surface area contributed by atoms with Gasteiger partial charge in [0.2, 0.25) is 0 Å². The van der Waals surface area contributed by atoms with Crippen molar-refractivity contribution in [2.24, 2.45) is 0 Å². The number of carbonyl (C=O) groups excluding carboxylic acids is 1. The average Bonchev–Trinajstić information content (AvgIpc) is 2.69. The molecule has 1 N–H and O–H groups in total. The molecule has 1 unspecified atom stereocenters. The molecule has 0 fully saturated rings. The Morgan fingerprint density at radius 2 is 1.48 bits per heavy atom. The molecule has 138 valence electrons. The normalized spacial score (nSPS) is 12.0. The number of aromatic nitrogens is 1. The number of hydrogen-bond acceptors (Lipinski definition) is 2. The molecule has 0 radical (unpaired) electrons. The number of hydrogen-bond donors (Lipinski definition) is 1. The van der Waals surface area contributed by atoms with Crippen molar-refractivity contribution >= 4 is 5.91 Å². The zero-order chi connectivity index (χ0) is 19.4. The minimum atomic E-state index is -0.208. The third kappa shape index (κ3) is 4.34. The van der Waals surface area contributed by atoms with Crippen LogP contribution in [-0.4, -0.2) is 10.5 Å². The average molecular weight is 360 g/mol. The molecule has 0 saturated carbocycles. The van der Waals surface area contributed by atoms with Gasteiger partial charge in [-0.1, -0.05) is 56.3 Å². The van der Waals surface area contributed by atoms with Crippen molar-refractivity contribution in [3.63, 3.8) is 0 Å². The Bertz CT molecular complexity index is 973. The summed E-state index contributed by atoms with van der Waals surface area (Å²) in [5, 5.41) is 3.00. The van der Waals surface area contributed by atoms with Gasteiger partial charge >= 0.3 is 0 Å². The number of amides is 1. The van der Waals surface area contributed by atoms with Gasteiger partial charge in [-0.3, -0.25) is 14.2 Å². The minimum absolute atomic E-state index is 0.129. The summed E-state index contributed by atoms with van der Waals surface area (Å²) in [5.41, 5.74) is 3.32. The molecule has 0 spiro atoms. The Kier molecular flexibility index (Phi) is 5.55. The third-order valence-electron chi connectivity index (χ3n) is 4.66. The van der Waals surface area contributed by atoms with E-state index in [1.165, 1.54) is 16.2 Å².